The summed E-state index contributed by atoms with van der Waals surface area (Å²) in [6, 6.07) is 6.84. The second kappa shape index (κ2) is 6.18. The van der Waals surface area contributed by atoms with Crippen molar-refractivity contribution in [2.75, 3.05) is 33.2 Å². The number of nitrogens with zero attached hydrogens (tertiary/aromatic N) is 1. The molecule has 0 spiro atoms. The molecule has 1 heterocycles. The number of rotatable bonds is 5. The van der Waals surface area contributed by atoms with Crippen LogP contribution in [0.4, 0.5) is 0 Å². The molecule has 0 bridgehead atoms. The van der Waals surface area contributed by atoms with Crippen LogP contribution < -0.4 is 5.32 Å². The average Bonchev–Trinajstić information content (AvgIpc) is 2.81. The predicted molar refractivity (Wildman–Crippen MR) is 71.5 cm³/mol. The Bertz CT molecular complexity index is 378. The molecule has 1 saturated heterocycles. The summed E-state index contributed by atoms with van der Waals surface area (Å²) in [6.45, 7) is 3.78. The topological polar surface area (TPSA) is 55.7 Å². The summed E-state index contributed by atoms with van der Waals surface area (Å²) in [7, 11) is 2.03. The maximum atomic E-state index is 10.1. The van der Waals surface area contributed by atoms with E-state index in [1.165, 1.54) is 6.42 Å². The first-order valence-corrected chi connectivity index (χ1v) is 6.51. The third-order valence-electron chi connectivity index (χ3n) is 3.47. The number of likely N-dealkylation sites (N-methyl/N-ethyl adjacent to an activating group) is 1. The van der Waals surface area contributed by atoms with Crippen molar-refractivity contribution in [3.05, 3.63) is 29.8 Å². The van der Waals surface area contributed by atoms with E-state index < -0.39 is 6.10 Å². The van der Waals surface area contributed by atoms with Gasteiger partial charge in [0.1, 0.15) is 5.75 Å². The molecule has 1 aliphatic rings. The predicted octanol–water partition coefficient (Wildman–Crippen LogP) is 0.967. The van der Waals surface area contributed by atoms with Crippen LogP contribution in [0.1, 0.15) is 18.1 Å². The average molecular weight is 250 g/mol. The van der Waals surface area contributed by atoms with Crippen LogP contribution in [-0.4, -0.2) is 48.3 Å². The van der Waals surface area contributed by atoms with Gasteiger partial charge in [-0.25, -0.2) is 0 Å². The highest BCUT2D eigenvalue weighted by molar-refractivity contribution is 5.28. The lowest BCUT2D eigenvalue weighted by molar-refractivity contribution is 0.119. The molecule has 1 fully saturated rings. The van der Waals surface area contributed by atoms with E-state index in [-0.39, 0.29) is 5.75 Å². The minimum Gasteiger partial charge on any atom is -0.508 e. The van der Waals surface area contributed by atoms with Gasteiger partial charge in [0.25, 0.3) is 0 Å². The lowest BCUT2D eigenvalue weighted by Gasteiger charge is -2.23. The van der Waals surface area contributed by atoms with Crippen LogP contribution in [0.25, 0.3) is 0 Å². The molecule has 0 saturated carbocycles. The Morgan fingerprint density at radius 3 is 3.00 bits per heavy atom. The van der Waals surface area contributed by atoms with Crippen molar-refractivity contribution < 1.29 is 10.2 Å². The number of benzene rings is 1. The van der Waals surface area contributed by atoms with E-state index in [4.69, 9.17) is 0 Å². The third-order valence-corrected chi connectivity index (χ3v) is 3.47. The molecule has 18 heavy (non-hydrogen) atoms. The fourth-order valence-electron chi connectivity index (χ4n) is 2.52. The maximum Gasteiger partial charge on any atom is 0.115 e. The van der Waals surface area contributed by atoms with Gasteiger partial charge in [-0.1, -0.05) is 12.1 Å². The lowest BCUT2D eigenvalue weighted by Crippen LogP contribution is -2.30. The minimum absolute atomic E-state index is 0.203. The van der Waals surface area contributed by atoms with E-state index in [9.17, 15) is 10.2 Å². The van der Waals surface area contributed by atoms with Crippen molar-refractivity contribution in [2.45, 2.75) is 12.5 Å². The van der Waals surface area contributed by atoms with Crippen LogP contribution in [0.3, 0.4) is 0 Å². The molecule has 2 atom stereocenters. The summed E-state index contributed by atoms with van der Waals surface area (Å²) in [5.41, 5.74) is 0.770. The van der Waals surface area contributed by atoms with Gasteiger partial charge in [-0.3, -0.25) is 0 Å². The van der Waals surface area contributed by atoms with Gasteiger partial charge in [0.15, 0.2) is 0 Å². The molecular weight excluding hydrogens is 228 g/mol. The van der Waals surface area contributed by atoms with Crippen LogP contribution >= 0.6 is 0 Å². The second-order valence-electron chi connectivity index (χ2n) is 5.19. The first-order chi connectivity index (χ1) is 8.65. The van der Waals surface area contributed by atoms with E-state index in [0.717, 1.165) is 25.2 Å². The van der Waals surface area contributed by atoms with Crippen LogP contribution in [0.2, 0.25) is 0 Å². The molecule has 3 N–H and O–H groups in total. The number of aromatic hydroxyl groups is 1. The largest absolute Gasteiger partial charge is 0.508 e. The highest BCUT2D eigenvalue weighted by atomic mass is 16.3. The zero-order chi connectivity index (χ0) is 13.0. The highest BCUT2D eigenvalue weighted by Gasteiger charge is 2.18. The molecule has 4 heteroatoms. The Morgan fingerprint density at radius 2 is 2.33 bits per heavy atom. The molecule has 0 aliphatic carbocycles. The van der Waals surface area contributed by atoms with Gasteiger partial charge in [0.2, 0.25) is 0 Å². The van der Waals surface area contributed by atoms with Crippen molar-refractivity contribution in [3.8, 4) is 5.75 Å². The number of aliphatic hydroxyl groups is 1. The van der Waals surface area contributed by atoms with Gasteiger partial charge < -0.3 is 20.4 Å². The number of hydrogen-bond donors (Lipinski definition) is 3. The normalized spacial score (nSPS) is 21.4. The molecule has 2 rings (SSSR count). The van der Waals surface area contributed by atoms with E-state index >= 15 is 0 Å². The molecule has 0 aromatic heterocycles. The number of phenolic OH excluding ortho intramolecular Hbond substituents is 1. The zero-order valence-electron chi connectivity index (χ0n) is 10.8. The molecule has 1 aromatic rings. The third kappa shape index (κ3) is 3.70. The first-order valence-electron chi connectivity index (χ1n) is 6.51. The summed E-state index contributed by atoms with van der Waals surface area (Å²) >= 11 is 0. The molecule has 1 aliphatic heterocycles. The molecule has 0 amide bonds. The summed E-state index contributed by atoms with van der Waals surface area (Å²) in [6.07, 6.45) is 0.670. The van der Waals surface area contributed by atoms with E-state index in [1.807, 2.05) is 13.1 Å². The van der Waals surface area contributed by atoms with E-state index in [1.54, 1.807) is 18.2 Å². The van der Waals surface area contributed by atoms with Gasteiger partial charge in [-0.2, -0.15) is 0 Å². The fourth-order valence-corrected chi connectivity index (χ4v) is 2.52. The van der Waals surface area contributed by atoms with Crippen molar-refractivity contribution >= 4 is 0 Å². The number of hydrogen-bond acceptors (Lipinski definition) is 4. The minimum atomic E-state index is -0.545. The van der Waals surface area contributed by atoms with Gasteiger partial charge in [0.05, 0.1) is 6.10 Å². The van der Waals surface area contributed by atoms with E-state index in [0.29, 0.717) is 12.5 Å². The van der Waals surface area contributed by atoms with Crippen LogP contribution in [0.15, 0.2) is 24.3 Å². The van der Waals surface area contributed by atoms with Crippen molar-refractivity contribution in [2.24, 2.45) is 5.92 Å². The number of nitrogens with one attached hydrogen (secondary N) is 1. The molecule has 4 nitrogen and oxygen atoms in total. The summed E-state index contributed by atoms with van der Waals surface area (Å²) < 4.78 is 0. The van der Waals surface area contributed by atoms with Crippen molar-refractivity contribution in [1.29, 1.82) is 0 Å². The Kier molecular flexibility index (Phi) is 4.58. The molecule has 0 radical (unpaired) electrons. The van der Waals surface area contributed by atoms with Gasteiger partial charge >= 0.3 is 0 Å². The smallest absolute Gasteiger partial charge is 0.115 e. The van der Waals surface area contributed by atoms with E-state index in [2.05, 4.69) is 10.2 Å². The summed E-state index contributed by atoms with van der Waals surface area (Å²) in [5.74, 6) is 0.889. The SMILES string of the molecule is CN(C[C@H]1CCNC1)C[C@H](O)c1cccc(O)c1. The maximum absolute atomic E-state index is 10.1. The quantitative estimate of drug-likeness (QED) is 0.729. The zero-order valence-corrected chi connectivity index (χ0v) is 10.8. The monoisotopic (exact) mass is 250 g/mol. The Labute approximate surface area is 108 Å². The Balaban J connectivity index is 1.84. The summed E-state index contributed by atoms with van der Waals surface area (Å²) in [4.78, 5) is 2.16. The second-order valence-corrected chi connectivity index (χ2v) is 5.19. The Hall–Kier alpha value is -1.10. The van der Waals surface area contributed by atoms with Crippen LogP contribution in [0, 0.1) is 5.92 Å². The summed E-state index contributed by atoms with van der Waals surface area (Å²) in [5, 5.41) is 22.9. The first kappa shape index (κ1) is 13.3. The van der Waals surface area contributed by atoms with Crippen LogP contribution in [-0.2, 0) is 0 Å². The van der Waals surface area contributed by atoms with Crippen molar-refractivity contribution in [3.63, 3.8) is 0 Å². The molecular formula is C14H22N2O2. The number of aliphatic hydroxyl groups excluding tert-OH is 1. The highest BCUT2D eigenvalue weighted by Crippen LogP contribution is 2.19. The standard InChI is InChI=1S/C14H22N2O2/c1-16(9-11-5-6-15-8-11)10-14(18)12-3-2-4-13(17)7-12/h2-4,7,11,14-15,17-18H,5-6,8-10H2,1H3/t11-,14-/m0/s1. The van der Waals surface area contributed by atoms with Gasteiger partial charge in [-0.15, -0.1) is 0 Å². The molecule has 1 aromatic carbocycles. The molecule has 0 unspecified atom stereocenters. The van der Waals surface area contributed by atoms with Gasteiger partial charge in [-0.05, 0) is 50.2 Å². The molecule has 100 valence electrons. The lowest BCUT2D eigenvalue weighted by atomic mass is 10.1. The van der Waals surface area contributed by atoms with Crippen molar-refractivity contribution in [1.82, 2.24) is 10.2 Å². The van der Waals surface area contributed by atoms with Gasteiger partial charge in [0, 0.05) is 13.1 Å². The van der Waals surface area contributed by atoms with Crippen LogP contribution in [0.5, 0.6) is 5.75 Å². The number of phenols is 1. The fraction of sp³-hybridized carbons (Fsp3) is 0.571. The Morgan fingerprint density at radius 1 is 1.50 bits per heavy atom.